The minimum atomic E-state index is -4.38. The summed E-state index contributed by atoms with van der Waals surface area (Å²) in [5.74, 6) is -0.560. The number of ether oxygens (including phenoxy) is 1. The maximum atomic E-state index is 11.9. The quantitative estimate of drug-likeness (QED) is 0.0436. The van der Waals surface area contributed by atoms with Crippen LogP contribution < -0.4 is 5.32 Å². The van der Waals surface area contributed by atoms with Gasteiger partial charge in [0, 0.05) is 19.4 Å². The monoisotopic (exact) mass is 575 g/mol. The van der Waals surface area contributed by atoms with Crippen LogP contribution in [0.5, 0.6) is 0 Å². The van der Waals surface area contributed by atoms with E-state index in [2.05, 4.69) is 36.5 Å². The van der Waals surface area contributed by atoms with Crippen LogP contribution in [0.3, 0.4) is 0 Å². The molecule has 0 aromatic rings. The number of phosphoric ester groups is 1. The summed E-state index contributed by atoms with van der Waals surface area (Å²) in [4.78, 5) is 33.1. The van der Waals surface area contributed by atoms with Crippen molar-refractivity contribution in [3.05, 3.63) is 24.3 Å². The average molecular weight is 576 g/mol. The maximum absolute atomic E-state index is 11.9. The van der Waals surface area contributed by atoms with E-state index in [9.17, 15) is 24.2 Å². The predicted octanol–water partition coefficient (Wildman–Crippen LogP) is 6.53. The first-order chi connectivity index (χ1) is 18.8. The number of rotatable bonds is 27. The van der Waals surface area contributed by atoms with Crippen molar-refractivity contribution in [3.8, 4) is 0 Å². The van der Waals surface area contributed by atoms with Crippen molar-refractivity contribution in [1.82, 2.24) is 5.32 Å². The van der Waals surface area contributed by atoms with Gasteiger partial charge in [-0.15, -0.1) is 0 Å². The molecule has 0 aromatic carbocycles. The van der Waals surface area contributed by atoms with Crippen molar-refractivity contribution >= 4 is 19.7 Å². The first-order valence-electron chi connectivity index (χ1n) is 14.8. The van der Waals surface area contributed by atoms with E-state index >= 15 is 0 Å². The second kappa shape index (κ2) is 26.7. The van der Waals surface area contributed by atoms with Gasteiger partial charge in [0.2, 0.25) is 5.91 Å². The molecule has 228 valence electrons. The lowest BCUT2D eigenvalue weighted by Gasteiger charge is -2.15. The molecule has 0 aromatic heterocycles. The first kappa shape index (κ1) is 37.5. The summed E-state index contributed by atoms with van der Waals surface area (Å²) in [6, 6.07) is 0. The molecule has 0 saturated carbocycles. The smallest absolute Gasteiger partial charge is 0.463 e. The SMILES string of the molecule is CCCCC/C=C\C/C=C\CCCCCCCC(=O)OCC(O)COP(=O)(O)OCCNC(=O)CCCCC. The van der Waals surface area contributed by atoms with Gasteiger partial charge in [-0.05, 0) is 44.9 Å². The van der Waals surface area contributed by atoms with E-state index in [0.717, 1.165) is 64.2 Å². The fourth-order valence-electron chi connectivity index (χ4n) is 3.58. The van der Waals surface area contributed by atoms with Crippen LogP contribution in [0.15, 0.2) is 24.3 Å². The van der Waals surface area contributed by atoms with E-state index in [0.29, 0.717) is 6.42 Å². The van der Waals surface area contributed by atoms with Crippen LogP contribution in [-0.4, -0.2) is 54.3 Å². The Labute approximate surface area is 236 Å². The standard InChI is InChI=1S/C29H54NO8P/c1-3-5-7-8-9-10-11-12-13-14-15-16-17-18-20-22-29(33)36-25-27(31)26-38-39(34,35)37-24-23-30-28(32)21-19-6-4-2/h9-10,12-13,27,31H,3-8,11,14-26H2,1-2H3,(H,30,32)(H,34,35)/b10-9-,13-12-. The molecule has 0 rings (SSSR count). The third-order valence-electron chi connectivity index (χ3n) is 5.88. The molecular formula is C29H54NO8P. The number of aliphatic hydroxyl groups is 1. The molecule has 0 bridgehead atoms. The molecule has 0 heterocycles. The zero-order valence-electron chi connectivity index (χ0n) is 24.3. The van der Waals surface area contributed by atoms with Crippen molar-refractivity contribution in [2.45, 2.75) is 123 Å². The molecular weight excluding hydrogens is 521 g/mol. The largest absolute Gasteiger partial charge is 0.472 e. The lowest BCUT2D eigenvalue weighted by molar-refractivity contribution is -0.147. The van der Waals surface area contributed by atoms with Crippen LogP contribution in [0.2, 0.25) is 0 Å². The molecule has 0 radical (unpaired) electrons. The Bertz CT molecular complexity index is 713. The van der Waals surface area contributed by atoms with Gasteiger partial charge in [-0.3, -0.25) is 18.6 Å². The van der Waals surface area contributed by atoms with Gasteiger partial charge in [0.05, 0.1) is 13.2 Å². The minimum absolute atomic E-state index is 0.0766. The number of hydrogen-bond donors (Lipinski definition) is 3. The van der Waals surface area contributed by atoms with Crippen LogP contribution in [0.1, 0.15) is 117 Å². The average Bonchev–Trinajstić information content (AvgIpc) is 2.91. The summed E-state index contributed by atoms with van der Waals surface area (Å²) in [5.41, 5.74) is 0. The number of hydrogen-bond acceptors (Lipinski definition) is 7. The Hall–Kier alpha value is -1.51. The molecule has 0 saturated heterocycles. The normalized spacial score (nSPS) is 14.1. The minimum Gasteiger partial charge on any atom is -0.463 e. The number of carbonyl (C=O) groups excluding carboxylic acids is 2. The van der Waals surface area contributed by atoms with Crippen LogP contribution in [0.25, 0.3) is 0 Å². The van der Waals surface area contributed by atoms with Gasteiger partial charge < -0.3 is 20.1 Å². The number of nitrogens with one attached hydrogen (secondary N) is 1. The number of allylic oxidation sites excluding steroid dienone is 4. The highest BCUT2D eigenvalue weighted by Gasteiger charge is 2.23. The van der Waals surface area contributed by atoms with Crippen LogP contribution in [-0.2, 0) is 27.9 Å². The third kappa shape index (κ3) is 27.8. The molecule has 10 heteroatoms. The number of esters is 1. The summed E-state index contributed by atoms with van der Waals surface area (Å²) < 4.78 is 26.4. The van der Waals surface area contributed by atoms with E-state index in [-0.39, 0.29) is 32.1 Å². The number of carbonyl (C=O) groups is 2. The zero-order valence-corrected chi connectivity index (χ0v) is 25.2. The van der Waals surface area contributed by atoms with E-state index in [1.165, 1.54) is 25.7 Å². The highest BCUT2D eigenvalue weighted by molar-refractivity contribution is 7.47. The van der Waals surface area contributed by atoms with Gasteiger partial charge in [0.25, 0.3) is 0 Å². The molecule has 0 aliphatic heterocycles. The van der Waals surface area contributed by atoms with E-state index in [1.807, 2.05) is 6.92 Å². The first-order valence-corrected chi connectivity index (χ1v) is 16.3. The summed E-state index contributed by atoms with van der Waals surface area (Å²) in [7, 11) is -4.38. The number of aliphatic hydroxyl groups excluding tert-OH is 1. The van der Waals surface area contributed by atoms with E-state index < -0.39 is 26.5 Å². The van der Waals surface area contributed by atoms with Crippen molar-refractivity contribution < 1.29 is 37.9 Å². The van der Waals surface area contributed by atoms with Gasteiger partial charge in [-0.1, -0.05) is 83.1 Å². The molecule has 2 atom stereocenters. The molecule has 1 amide bonds. The molecule has 0 spiro atoms. The summed E-state index contributed by atoms with van der Waals surface area (Å²) in [6.45, 7) is 3.29. The summed E-state index contributed by atoms with van der Waals surface area (Å²) in [6.07, 6.45) is 23.2. The van der Waals surface area contributed by atoms with E-state index in [1.54, 1.807) is 0 Å². The van der Waals surface area contributed by atoms with Crippen molar-refractivity contribution in [3.63, 3.8) is 0 Å². The highest BCUT2D eigenvalue weighted by atomic mass is 31.2. The number of phosphoric acid groups is 1. The van der Waals surface area contributed by atoms with Crippen LogP contribution in [0, 0.1) is 0 Å². The second-order valence-corrected chi connectivity index (χ2v) is 11.2. The van der Waals surface area contributed by atoms with Crippen molar-refractivity contribution in [2.75, 3.05) is 26.4 Å². The van der Waals surface area contributed by atoms with Crippen LogP contribution in [0.4, 0.5) is 0 Å². The van der Waals surface area contributed by atoms with Crippen molar-refractivity contribution in [1.29, 1.82) is 0 Å². The molecule has 9 nitrogen and oxygen atoms in total. The second-order valence-electron chi connectivity index (χ2n) is 9.72. The van der Waals surface area contributed by atoms with Gasteiger partial charge in [0.1, 0.15) is 12.7 Å². The van der Waals surface area contributed by atoms with Gasteiger partial charge in [0.15, 0.2) is 0 Å². The summed E-state index contributed by atoms with van der Waals surface area (Å²) in [5, 5.41) is 12.5. The van der Waals surface area contributed by atoms with Crippen molar-refractivity contribution in [2.24, 2.45) is 0 Å². The van der Waals surface area contributed by atoms with E-state index in [4.69, 9.17) is 13.8 Å². The third-order valence-corrected chi connectivity index (χ3v) is 6.87. The Balaban J connectivity index is 3.67. The lowest BCUT2D eigenvalue weighted by atomic mass is 10.1. The predicted molar refractivity (Wildman–Crippen MR) is 155 cm³/mol. The lowest BCUT2D eigenvalue weighted by Crippen LogP contribution is -2.27. The molecule has 0 aliphatic carbocycles. The Morgan fingerprint density at radius 2 is 1.38 bits per heavy atom. The Morgan fingerprint density at radius 1 is 0.795 bits per heavy atom. The summed E-state index contributed by atoms with van der Waals surface area (Å²) >= 11 is 0. The Kier molecular flexibility index (Phi) is 25.7. The fraction of sp³-hybridized carbons (Fsp3) is 0.793. The topological polar surface area (TPSA) is 131 Å². The number of unbranched alkanes of at least 4 members (excludes halogenated alkanes) is 10. The maximum Gasteiger partial charge on any atom is 0.472 e. The van der Waals surface area contributed by atoms with Crippen LogP contribution >= 0.6 is 7.82 Å². The van der Waals surface area contributed by atoms with Gasteiger partial charge >= 0.3 is 13.8 Å². The van der Waals surface area contributed by atoms with Gasteiger partial charge in [-0.25, -0.2) is 4.57 Å². The number of amides is 1. The fourth-order valence-corrected chi connectivity index (χ4v) is 4.34. The molecule has 39 heavy (non-hydrogen) atoms. The zero-order chi connectivity index (χ0) is 29.0. The van der Waals surface area contributed by atoms with Gasteiger partial charge in [-0.2, -0.15) is 0 Å². The molecule has 3 N–H and O–H groups in total. The Morgan fingerprint density at radius 3 is 2.08 bits per heavy atom. The molecule has 0 fully saturated rings. The molecule has 2 unspecified atom stereocenters. The molecule has 0 aliphatic rings. The highest BCUT2D eigenvalue weighted by Crippen LogP contribution is 2.42.